The summed E-state index contributed by atoms with van der Waals surface area (Å²) in [4.78, 5) is 40.5. The SMILES string of the molecule is CCC(C)C(NC(=O)Nc1cc(C)ccc1C)C(=O)NC1CCCN(c2ccn(C)n2)C1=O. The van der Waals surface area contributed by atoms with Crippen LogP contribution in [-0.2, 0) is 16.6 Å². The second-order valence-corrected chi connectivity index (χ2v) is 8.82. The molecule has 1 aromatic carbocycles. The van der Waals surface area contributed by atoms with Crippen molar-refractivity contribution in [3.8, 4) is 0 Å². The largest absolute Gasteiger partial charge is 0.342 e. The van der Waals surface area contributed by atoms with Crippen molar-refractivity contribution >= 4 is 29.4 Å². The first-order chi connectivity index (χ1) is 15.7. The van der Waals surface area contributed by atoms with Crippen LogP contribution in [0.15, 0.2) is 30.5 Å². The molecule has 1 fully saturated rings. The molecule has 1 saturated heterocycles. The molecule has 2 heterocycles. The van der Waals surface area contributed by atoms with Crippen LogP contribution in [0.1, 0.15) is 44.2 Å². The number of aromatic nitrogens is 2. The number of carbonyl (C=O) groups is 3. The van der Waals surface area contributed by atoms with Crippen molar-refractivity contribution in [3.63, 3.8) is 0 Å². The van der Waals surface area contributed by atoms with E-state index in [4.69, 9.17) is 0 Å². The van der Waals surface area contributed by atoms with Crippen molar-refractivity contribution < 1.29 is 14.4 Å². The van der Waals surface area contributed by atoms with Gasteiger partial charge in [0.05, 0.1) is 0 Å². The maximum atomic E-state index is 13.2. The van der Waals surface area contributed by atoms with Crippen molar-refractivity contribution in [2.45, 2.75) is 59.0 Å². The van der Waals surface area contributed by atoms with E-state index in [2.05, 4.69) is 21.0 Å². The molecular formula is C24H34N6O3. The zero-order chi connectivity index (χ0) is 24.1. The highest BCUT2D eigenvalue weighted by molar-refractivity contribution is 6.00. The van der Waals surface area contributed by atoms with Gasteiger partial charge in [-0.15, -0.1) is 0 Å². The summed E-state index contributed by atoms with van der Waals surface area (Å²) < 4.78 is 1.64. The van der Waals surface area contributed by atoms with Gasteiger partial charge in [-0.3, -0.25) is 19.2 Å². The first kappa shape index (κ1) is 24.3. The fourth-order valence-corrected chi connectivity index (χ4v) is 3.92. The molecule has 3 rings (SSSR count). The van der Waals surface area contributed by atoms with E-state index >= 15 is 0 Å². The fraction of sp³-hybridized carbons (Fsp3) is 0.500. The first-order valence-electron chi connectivity index (χ1n) is 11.5. The normalized spacial score (nSPS) is 17.9. The fourth-order valence-electron chi connectivity index (χ4n) is 3.92. The lowest BCUT2D eigenvalue weighted by Gasteiger charge is -2.33. The lowest BCUT2D eigenvalue weighted by atomic mass is 9.97. The third kappa shape index (κ3) is 5.91. The second-order valence-electron chi connectivity index (χ2n) is 8.82. The number of hydrogen-bond donors (Lipinski definition) is 3. The molecule has 2 aromatic rings. The molecule has 1 aromatic heterocycles. The summed E-state index contributed by atoms with van der Waals surface area (Å²) in [7, 11) is 1.79. The topological polar surface area (TPSA) is 108 Å². The summed E-state index contributed by atoms with van der Waals surface area (Å²) in [5.41, 5.74) is 2.66. The Morgan fingerprint density at radius 1 is 1.24 bits per heavy atom. The van der Waals surface area contributed by atoms with E-state index in [1.54, 1.807) is 28.9 Å². The third-order valence-electron chi connectivity index (χ3n) is 6.15. The number of nitrogens with one attached hydrogen (secondary N) is 3. The van der Waals surface area contributed by atoms with E-state index in [0.29, 0.717) is 30.9 Å². The average molecular weight is 455 g/mol. The summed E-state index contributed by atoms with van der Waals surface area (Å²) in [6.07, 6.45) is 3.78. The molecule has 0 spiro atoms. The van der Waals surface area contributed by atoms with E-state index in [-0.39, 0.29) is 17.7 Å². The van der Waals surface area contributed by atoms with Crippen LogP contribution in [0.25, 0.3) is 0 Å². The molecule has 0 radical (unpaired) electrons. The van der Waals surface area contributed by atoms with Crippen LogP contribution in [0.4, 0.5) is 16.3 Å². The predicted octanol–water partition coefficient (Wildman–Crippen LogP) is 2.88. The summed E-state index contributed by atoms with van der Waals surface area (Å²) in [6, 6.07) is 5.72. The molecular weight excluding hydrogens is 420 g/mol. The minimum absolute atomic E-state index is 0.111. The van der Waals surface area contributed by atoms with Crippen LogP contribution in [0, 0.1) is 19.8 Å². The van der Waals surface area contributed by atoms with Crippen LogP contribution in [-0.4, -0.2) is 46.3 Å². The number of nitrogens with zero attached hydrogens (tertiary/aromatic N) is 3. The second kappa shape index (κ2) is 10.5. The van der Waals surface area contributed by atoms with E-state index in [9.17, 15) is 14.4 Å². The number of rotatable bonds is 7. The highest BCUT2D eigenvalue weighted by atomic mass is 16.2. The third-order valence-corrected chi connectivity index (χ3v) is 6.15. The minimum Gasteiger partial charge on any atom is -0.342 e. The number of carbonyl (C=O) groups excluding carboxylic acids is 3. The maximum Gasteiger partial charge on any atom is 0.319 e. The van der Waals surface area contributed by atoms with Gasteiger partial charge in [-0.1, -0.05) is 32.4 Å². The quantitative estimate of drug-likeness (QED) is 0.598. The Kier molecular flexibility index (Phi) is 7.73. The number of anilines is 2. The molecule has 33 heavy (non-hydrogen) atoms. The van der Waals surface area contributed by atoms with E-state index < -0.39 is 18.1 Å². The highest BCUT2D eigenvalue weighted by Gasteiger charge is 2.35. The molecule has 0 aliphatic carbocycles. The van der Waals surface area contributed by atoms with Gasteiger partial charge >= 0.3 is 6.03 Å². The van der Waals surface area contributed by atoms with Crippen molar-refractivity contribution in [3.05, 3.63) is 41.6 Å². The van der Waals surface area contributed by atoms with Gasteiger partial charge in [-0.2, -0.15) is 5.10 Å². The summed E-state index contributed by atoms with van der Waals surface area (Å²) >= 11 is 0. The van der Waals surface area contributed by atoms with Gasteiger partial charge < -0.3 is 16.0 Å². The average Bonchev–Trinajstić information content (AvgIpc) is 3.21. The molecule has 0 bridgehead atoms. The zero-order valence-corrected chi connectivity index (χ0v) is 20.0. The predicted molar refractivity (Wildman–Crippen MR) is 128 cm³/mol. The van der Waals surface area contributed by atoms with E-state index in [0.717, 1.165) is 17.5 Å². The number of urea groups is 1. The Labute approximate surface area is 194 Å². The van der Waals surface area contributed by atoms with Crippen molar-refractivity contribution in [1.29, 1.82) is 0 Å². The number of aryl methyl sites for hydroxylation is 3. The lowest BCUT2D eigenvalue weighted by molar-refractivity contribution is -0.130. The Hall–Kier alpha value is -3.36. The molecule has 0 saturated carbocycles. The maximum absolute atomic E-state index is 13.2. The summed E-state index contributed by atoms with van der Waals surface area (Å²) in [5, 5.41) is 12.8. The number of amides is 4. The van der Waals surface area contributed by atoms with Crippen LogP contribution in [0.5, 0.6) is 0 Å². The number of benzene rings is 1. The van der Waals surface area contributed by atoms with Crippen molar-refractivity contribution in [2.75, 3.05) is 16.8 Å². The Morgan fingerprint density at radius 2 is 2.00 bits per heavy atom. The van der Waals surface area contributed by atoms with Gasteiger partial charge in [0.2, 0.25) is 5.91 Å². The molecule has 178 valence electrons. The van der Waals surface area contributed by atoms with Gasteiger partial charge in [-0.05, 0) is 49.8 Å². The molecule has 3 atom stereocenters. The molecule has 3 unspecified atom stereocenters. The smallest absolute Gasteiger partial charge is 0.319 e. The first-order valence-corrected chi connectivity index (χ1v) is 11.5. The molecule has 3 N–H and O–H groups in total. The van der Waals surface area contributed by atoms with Gasteiger partial charge in [0.15, 0.2) is 5.82 Å². The van der Waals surface area contributed by atoms with E-state index in [1.165, 1.54) is 0 Å². The van der Waals surface area contributed by atoms with Crippen molar-refractivity contribution in [2.24, 2.45) is 13.0 Å². The molecule has 9 nitrogen and oxygen atoms in total. The molecule has 1 aliphatic rings. The van der Waals surface area contributed by atoms with Gasteiger partial charge in [0.25, 0.3) is 5.91 Å². The lowest BCUT2D eigenvalue weighted by Crippen LogP contribution is -2.58. The van der Waals surface area contributed by atoms with Crippen LogP contribution < -0.4 is 20.9 Å². The van der Waals surface area contributed by atoms with Crippen LogP contribution in [0.2, 0.25) is 0 Å². The standard InChI is InChI=1S/C24H34N6O3/c1-6-16(3)21(27-24(33)26-19-14-15(2)9-10-17(19)4)22(31)25-18-8-7-12-30(23(18)32)20-11-13-29(5)28-20/h9-11,13-14,16,18,21H,6-8,12H2,1-5H3,(H,25,31)(H2,26,27,33). The summed E-state index contributed by atoms with van der Waals surface area (Å²) in [6.45, 7) is 8.30. The summed E-state index contributed by atoms with van der Waals surface area (Å²) in [5.74, 6) is -0.0800. The van der Waals surface area contributed by atoms with E-state index in [1.807, 2.05) is 45.9 Å². The van der Waals surface area contributed by atoms with Gasteiger partial charge in [-0.25, -0.2) is 4.79 Å². The molecule has 1 aliphatic heterocycles. The zero-order valence-electron chi connectivity index (χ0n) is 20.0. The van der Waals surface area contributed by atoms with Gasteiger partial charge in [0.1, 0.15) is 12.1 Å². The van der Waals surface area contributed by atoms with Crippen molar-refractivity contribution in [1.82, 2.24) is 20.4 Å². The minimum atomic E-state index is -0.766. The van der Waals surface area contributed by atoms with Crippen LogP contribution >= 0.6 is 0 Å². The monoisotopic (exact) mass is 454 g/mol. The molecule has 9 heteroatoms. The van der Waals surface area contributed by atoms with Crippen LogP contribution in [0.3, 0.4) is 0 Å². The highest BCUT2D eigenvalue weighted by Crippen LogP contribution is 2.20. The Bertz CT molecular complexity index is 1020. The number of piperidine rings is 1. The van der Waals surface area contributed by atoms with Gasteiger partial charge in [0, 0.05) is 31.5 Å². The molecule has 4 amide bonds. The Balaban J connectivity index is 1.68. The number of hydrogen-bond acceptors (Lipinski definition) is 4. The Morgan fingerprint density at radius 3 is 2.67 bits per heavy atom.